The van der Waals surface area contributed by atoms with Crippen LogP contribution in [0.25, 0.3) is 0 Å². The van der Waals surface area contributed by atoms with Gasteiger partial charge in [-0.05, 0) is 17.7 Å². The first kappa shape index (κ1) is 14.4. The Bertz CT molecular complexity index is 336. The van der Waals surface area contributed by atoms with E-state index in [-0.39, 0.29) is 5.82 Å². The van der Waals surface area contributed by atoms with Crippen LogP contribution in [0.1, 0.15) is 5.56 Å². The van der Waals surface area contributed by atoms with E-state index in [0.29, 0.717) is 31.4 Å². The Morgan fingerprint density at radius 2 is 2.12 bits per heavy atom. The molecule has 1 N–H and O–H groups in total. The van der Waals surface area contributed by atoms with E-state index in [1.165, 1.54) is 12.1 Å². The molecule has 0 bridgehead atoms. The topological polar surface area (TPSA) is 30.5 Å². The maximum Gasteiger partial charge on any atom is 0.124 e. The molecule has 0 aliphatic carbocycles. The summed E-state index contributed by atoms with van der Waals surface area (Å²) in [5.41, 5.74) is 0.880. The third-order valence-electron chi connectivity index (χ3n) is 2.19. The maximum atomic E-state index is 12.8. The van der Waals surface area contributed by atoms with Crippen molar-refractivity contribution in [3.8, 4) is 0 Å². The van der Waals surface area contributed by atoms with Crippen LogP contribution < -0.4 is 5.32 Å². The molecule has 0 aliphatic heterocycles. The largest absolute Gasteiger partial charge is 0.382 e. The lowest BCUT2D eigenvalue weighted by molar-refractivity contribution is 0.0719. The molecule has 0 fully saturated rings. The van der Waals surface area contributed by atoms with Gasteiger partial charge in [0.2, 0.25) is 0 Å². The number of nitrogens with one attached hydrogen (secondary N) is 1. The molecular formula is C12H17ClFNO2. The van der Waals surface area contributed by atoms with Gasteiger partial charge in [-0.3, -0.25) is 0 Å². The smallest absolute Gasteiger partial charge is 0.124 e. The molecule has 0 saturated heterocycles. The Morgan fingerprint density at radius 3 is 2.82 bits per heavy atom. The summed E-state index contributed by atoms with van der Waals surface area (Å²) in [6.45, 7) is 3.13. The molecule has 5 heteroatoms. The van der Waals surface area contributed by atoms with Crippen molar-refractivity contribution in [1.29, 1.82) is 0 Å². The van der Waals surface area contributed by atoms with Gasteiger partial charge in [0.25, 0.3) is 0 Å². The van der Waals surface area contributed by atoms with E-state index in [9.17, 15) is 4.39 Å². The van der Waals surface area contributed by atoms with Crippen LogP contribution >= 0.6 is 11.6 Å². The van der Waals surface area contributed by atoms with Crippen LogP contribution in [0.5, 0.6) is 0 Å². The van der Waals surface area contributed by atoms with Gasteiger partial charge in [0.1, 0.15) is 5.82 Å². The predicted octanol–water partition coefficient (Wildman–Crippen LogP) is 2.23. The zero-order valence-corrected chi connectivity index (χ0v) is 10.6. The van der Waals surface area contributed by atoms with Gasteiger partial charge in [-0.1, -0.05) is 17.7 Å². The quantitative estimate of drug-likeness (QED) is 0.728. The van der Waals surface area contributed by atoms with Crippen LogP contribution in [0.15, 0.2) is 18.2 Å². The first-order chi connectivity index (χ1) is 8.24. The molecule has 0 atom stereocenters. The summed E-state index contributed by atoms with van der Waals surface area (Å²) in [7, 11) is 1.64. The van der Waals surface area contributed by atoms with Crippen molar-refractivity contribution in [1.82, 2.24) is 5.32 Å². The number of ether oxygens (including phenoxy) is 2. The lowest BCUT2D eigenvalue weighted by atomic mass is 10.2. The van der Waals surface area contributed by atoms with Crippen LogP contribution in [-0.4, -0.2) is 33.5 Å². The minimum Gasteiger partial charge on any atom is -0.382 e. The van der Waals surface area contributed by atoms with Crippen LogP contribution in [-0.2, 0) is 16.0 Å². The van der Waals surface area contributed by atoms with Gasteiger partial charge >= 0.3 is 0 Å². The minimum absolute atomic E-state index is 0.318. The highest BCUT2D eigenvalue weighted by atomic mass is 35.5. The molecule has 0 unspecified atom stereocenters. The molecule has 96 valence electrons. The summed E-state index contributed by atoms with van der Waals surface area (Å²) >= 11 is 5.88. The molecule has 0 aliphatic rings. The Morgan fingerprint density at radius 1 is 1.29 bits per heavy atom. The molecular weight excluding hydrogens is 245 g/mol. The SMILES string of the molecule is COCCOCCNCc1ccc(F)cc1Cl. The number of methoxy groups -OCH3 is 1. The van der Waals surface area contributed by atoms with E-state index < -0.39 is 0 Å². The van der Waals surface area contributed by atoms with Crippen molar-refractivity contribution in [2.45, 2.75) is 6.54 Å². The fourth-order valence-electron chi connectivity index (χ4n) is 1.28. The number of benzene rings is 1. The molecule has 1 aromatic carbocycles. The Hall–Kier alpha value is -0.680. The first-order valence-corrected chi connectivity index (χ1v) is 5.83. The van der Waals surface area contributed by atoms with E-state index >= 15 is 0 Å². The molecule has 0 aromatic heterocycles. The summed E-state index contributed by atoms with van der Waals surface area (Å²) in [5.74, 6) is -0.318. The second kappa shape index (κ2) is 8.42. The van der Waals surface area contributed by atoms with Crippen molar-refractivity contribution < 1.29 is 13.9 Å². The lowest BCUT2D eigenvalue weighted by Crippen LogP contribution is -2.20. The maximum absolute atomic E-state index is 12.8. The Labute approximate surface area is 106 Å². The highest BCUT2D eigenvalue weighted by Gasteiger charge is 2.01. The number of hydrogen-bond donors (Lipinski definition) is 1. The Kier molecular flexibility index (Phi) is 7.12. The number of halogens is 2. The highest BCUT2D eigenvalue weighted by molar-refractivity contribution is 6.31. The van der Waals surface area contributed by atoms with E-state index in [4.69, 9.17) is 21.1 Å². The van der Waals surface area contributed by atoms with Crippen LogP contribution in [0.3, 0.4) is 0 Å². The summed E-state index contributed by atoms with van der Waals surface area (Å²) in [6, 6.07) is 4.39. The van der Waals surface area contributed by atoms with Gasteiger partial charge in [0.15, 0.2) is 0 Å². The number of hydrogen-bond acceptors (Lipinski definition) is 3. The van der Waals surface area contributed by atoms with Crippen molar-refractivity contribution in [2.24, 2.45) is 0 Å². The van der Waals surface area contributed by atoms with E-state index in [2.05, 4.69) is 5.32 Å². The second-order valence-corrected chi connectivity index (χ2v) is 3.92. The van der Waals surface area contributed by atoms with Crippen LogP contribution in [0.2, 0.25) is 5.02 Å². The monoisotopic (exact) mass is 261 g/mol. The molecule has 1 rings (SSSR count). The molecule has 17 heavy (non-hydrogen) atoms. The predicted molar refractivity (Wildman–Crippen MR) is 65.8 cm³/mol. The molecule has 3 nitrogen and oxygen atoms in total. The number of rotatable bonds is 8. The third kappa shape index (κ3) is 5.98. The highest BCUT2D eigenvalue weighted by Crippen LogP contribution is 2.16. The van der Waals surface area contributed by atoms with Crippen molar-refractivity contribution in [3.05, 3.63) is 34.6 Å². The zero-order chi connectivity index (χ0) is 12.5. The van der Waals surface area contributed by atoms with Gasteiger partial charge in [-0.25, -0.2) is 4.39 Å². The summed E-state index contributed by atoms with van der Waals surface area (Å²) < 4.78 is 22.9. The molecule has 0 saturated carbocycles. The standard InChI is InChI=1S/C12H17ClFNO2/c1-16-6-7-17-5-4-15-9-10-2-3-11(14)8-12(10)13/h2-3,8,15H,4-7,9H2,1H3. The van der Waals surface area contributed by atoms with Crippen molar-refractivity contribution >= 4 is 11.6 Å². The van der Waals surface area contributed by atoms with E-state index in [1.54, 1.807) is 13.2 Å². The minimum atomic E-state index is -0.318. The van der Waals surface area contributed by atoms with E-state index in [0.717, 1.165) is 12.1 Å². The van der Waals surface area contributed by atoms with Gasteiger partial charge in [0.05, 0.1) is 19.8 Å². The average molecular weight is 262 g/mol. The van der Waals surface area contributed by atoms with Crippen molar-refractivity contribution in [2.75, 3.05) is 33.5 Å². The fraction of sp³-hybridized carbons (Fsp3) is 0.500. The van der Waals surface area contributed by atoms with Gasteiger partial charge in [-0.2, -0.15) is 0 Å². The average Bonchev–Trinajstić information content (AvgIpc) is 2.30. The van der Waals surface area contributed by atoms with Crippen LogP contribution in [0, 0.1) is 5.82 Å². The lowest BCUT2D eigenvalue weighted by Gasteiger charge is -2.07. The zero-order valence-electron chi connectivity index (χ0n) is 9.84. The molecule has 0 heterocycles. The summed E-state index contributed by atoms with van der Waals surface area (Å²) in [4.78, 5) is 0. The normalized spacial score (nSPS) is 10.8. The molecule has 0 spiro atoms. The van der Waals surface area contributed by atoms with Crippen molar-refractivity contribution in [3.63, 3.8) is 0 Å². The van der Waals surface area contributed by atoms with Gasteiger partial charge in [-0.15, -0.1) is 0 Å². The Balaban J connectivity index is 2.14. The summed E-state index contributed by atoms with van der Waals surface area (Å²) in [5, 5.41) is 3.61. The first-order valence-electron chi connectivity index (χ1n) is 5.45. The van der Waals surface area contributed by atoms with Gasteiger partial charge < -0.3 is 14.8 Å². The van der Waals surface area contributed by atoms with E-state index in [1.807, 2.05) is 0 Å². The molecule has 0 radical (unpaired) electrons. The summed E-state index contributed by atoms with van der Waals surface area (Å²) in [6.07, 6.45) is 0. The van der Waals surface area contributed by atoms with Gasteiger partial charge in [0, 0.05) is 25.2 Å². The third-order valence-corrected chi connectivity index (χ3v) is 2.54. The molecule has 0 amide bonds. The fourth-order valence-corrected chi connectivity index (χ4v) is 1.51. The second-order valence-electron chi connectivity index (χ2n) is 3.52. The molecule has 1 aromatic rings. The van der Waals surface area contributed by atoms with Crippen LogP contribution in [0.4, 0.5) is 4.39 Å².